The summed E-state index contributed by atoms with van der Waals surface area (Å²) in [6.07, 6.45) is -3.64. The van der Waals surface area contributed by atoms with Crippen LogP contribution >= 0.6 is 0 Å². The van der Waals surface area contributed by atoms with Gasteiger partial charge in [-0.05, 0) is 37.3 Å². The minimum Gasteiger partial charge on any atom is -0.490 e. The third kappa shape index (κ3) is 4.04. The number of fused-ring (bicyclic) bond motifs is 1. The molecule has 3 rings (SSSR count). The zero-order valence-corrected chi connectivity index (χ0v) is 13.6. The zero-order valence-electron chi connectivity index (χ0n) is 13.6. The molecule has 0 saturated heterocycles. The Morgan fingerprint density at radius 1 is 1.04 bits per heavy atom. The summed E-state index contributed by atoms with van der Waals surface area (Å²) < 4.78 is 50.2. The van der Waals surface area contributed by atoms with Crippen molar-refractivity contribution in [2.75, 3.05) is 18.6 Å². The van der Waals surface area contributed by atoms with Gasteiger partial charge in [0.05, 0.1) is 30.2 Å². The molecule has 2 aromatic carbocycles. The molecule has 0 aliphatic carbocycles. The van der Waals surface area contributed by atoms with Crippen LogP contribution in [0.2, 0.25) is 0 Å². The Labute approximate surface area is 143 Å². The molecule has 7 heteroatoms. The van der Waals surface area contributed by atoms with E-state index in [0.717, 1.165) is 18.1 Å². The van der Waals surface area contributed by atoms with Crippen molar-refractivity contribution in [1.82, 2.24) is 0 Å². The van der Waals surface area contributed by atoms with E-state index in [1.165, 1.54) is 18.2 Å². The van der Waals surface area contributed by atoms with Crippen molar-refractivity contribution in [2.45, 2.75) is 19.5 Å². The summed E-state index contributed by atoms with van der Waals surface area (Å²) in [6, 6.07) is 10.6. The SMILES string of the molecule is C/C(=N/Nc1ccccc1C(F)(F)F)c1ccc2c(c1)OCCCO2. The summed E-state index contributed by atoms with van der Waals surface area (Å²) in [5, 5.41) is 4.08. The molecule has 0 atom stereocenters. The van der Waals surface area contributed by atoms with Crippen LogP contribution in [0.3, 0.4) is 0 Å². The lowest BCUT2D eigenvalue weighted by atomic mass is 10.1. The monoisotopic (exact) mass is 350 g/mol. The Morgan fingerprint density at radius 3 is 2.52 bits per heavy atom. The van der Waals surface area contributed by atoms with E-state index in [1.807, 2.05) is 0 Å². The highest BCUT2D eigenvalue weighted by molar-refractivity contribution is 5.99. The number of hydrogen-bond donors (Lipinski definition) is 1. The van der Waals surface area contributed by atoms with E-state index in [2.05, 4.69) is 10.5 Å². The lowest BCUT2D eigenvalue weighted by Crippen LogP contribution is -2.09. The predicted octanol–water partition coefficient (Wildman–Crippen LogP) is 4.70. The van der Waals surface area contributed by atoms with Crippen LogP contribution in [0.25, 0.3) is 0 Å². The molecule has 0 fully saturated rings. The van der Waals surface area contributed by atoms with Gasteiger partial charge in [0.1, 0.15) is 0 Å². The summed E-state index contributed by atoms with van der Waals surface area (Å²) in [6.45, 7) is 2.86. The van der Waals surface area contributed by atoms with Crippen LogP contribution in [0.5, 0.6) is 11.5 Å². The average Bonchev–Trinajstić information content (AvgIpc) is 2.83. The molecule has 1 aliphatic heterocycles. The fraction of sp³-hybridized carbons (Fsp3) is 0.278. The number of rotatable bonds is 3. The summed E-state index contributed by atoms with van der Waals surface area (Å²) >= 11 is 0. The van der Waals surface area contributed by atoms with E-state index in [9.17, 15) is 13.2 Å². The Kier molecular flexibility index (Phi) is 4.83. The van der Waals surface area contributed by atoms with Gasteiger partial charge in [0.2, 0.25) is 0 Å². The van der Waals surface area contributed by atoms with Gasteiger partial charge >= 0.3 is 6.18 Å². The zero-order chi connectivity index (χ0) is 17.9. The van der Waals surface area contributed by atoms with Gasteiger partial charge < -0.3 is 9.47 Å². The molecule has 0 saturated carbocycles. The number of ether oxygens (including phenoxy) is 2. The van der Waals surface area contributed by atoms with Crippen molar-refractivity contribution in [1.29, 1.82) is 0 Å². The lowest BCUT2D eigenvalue weighted by Gasteiger charge is -2.13. The maximum absolute atomic E-state index is 13.0. The fourth-order valence-corrected chi connectivity index (χ4v) is 2.42. The summed E-state index contributed by atoms with van der Waals surface area (Å²) in [4.78, 5) is 0. The van der Waals surface area contributed by atoms with Crippen LogP contribution in [0.4, 0.5) is 18.9 Å². The molecular weight excluding hydrogens is 333 g/mol. The molecule has 1 heterocycles. The van der Waals surface area contributed by atoms with Gasteiger partial charge in [-0.2, -0.15) is 18.3 Å². The maximum atomic E-state index is 13.0. The molecule has 25 heavy (non-hydrogen) atoms. The predicted molar refractivity (Wildman–Crippen MR) is 89.3 cm³/mol. The first-order valence-corrected chi connectivity index (χ1v) is 7.82. The highest BCUT2D eigenvalue weighted by Crippen LogP contribution is 2.35. The number of anilines is 1. The first kappa shape index (κ1) is 17.1. The van der Waals surface area contributed by atoms with E-state index in [0.29, 0.717) is 30.4 Å². The van der Waals surface area contributed by atoms with Crippen molar-refractivity contribution < 1.29 is 22.6 Å². The summed E-state index contributed by atoms with van der Waals surface area (Å²) in [5.74, 6) is 1.27. The minimum absolute atomic E-state index is 0.0938. The molecule has 0 amide bonds. The summed E-state index contributed by atoms with van der Waals surface area (Å²) in [5.41, 5.74) is 2.93. The normalized spacial score (nSPS) is 14.8. The second-order valence-electron chi connectivity index (χ2n) is 5.56. The van der Waals surface area contributed by atoms with Gasteiger partial charge in [-0.3, -0.25) is 5.43 Å². The quantitative estimate of drug-likeness (QED) is 0.644. The largest absolute Gasteiger partial charge is 0.490 e. The number of hydrogen-bond acceptors (Lipinski definition) is 4. The molecule has 4 nitrogen and oxygen atoms in total. The molecule has 0 radical (unpaired) electrons. The minimum atomic E-state index is -4.44. The molecule has 0 bridgehead atoms. The van der Waals surface area contributed by atoms with Crippen LogP contribution in [-0.4, -0.2) is 18.9 Å². The standard InChI is InChI=1S/C18H17F3N2O2/c1-12(13-7-8-16-17(11-13)25-10-4-9-24-16)22-23-15-6-3-2-5-14(15)18(19,20)21/h2-3,5-8,11,23H,4,9-10H2,1H3/b22-12-. The Hall–Kier alpha value is -2.70. The van der Waals surface area contributed by atoms with Gasteiger partial charge in [-0.1, -0.05) is 12.1 Å². The van der Waals surface area contributed by atoms with Gasteiger partial charge in [0.25, 0.3) is 0 Å². The second-order valence-corrected chi connectivity index (χ2v) is 5.56. The number of halogens is 3. The van der Waals surface area contributed by atoms with Crippen molar-refractivity contribution in [3.63, 3.8) is 0 Å². The molecule has 132 valence electrons. The van der Waals surface area contributed by atoms with Crippen LogP contribution in [0.1, 0.15) is 24.5 Å². The highest BCUT2D eigenvalue weighted by Gasteiger charge is 2.33. The molecule has 0 unspecified atom stereocenters. The third-order valence-electron chi connectivity index (χ3n) is 3.74. The highest BCUT2D eigenvalue weighted by atomic mass is 19.4. The first-order chi connectivity index (χ1) is 11.9. The number of benzene rings is 2. The average molecular weight is 350 g/mol. The second kappa shape index (κ2) is 7.04. The van der Waals surface area contributed by atoms with Crippen molar-refractivity contribution in [2.24, 2.45) is 5.10 Å². The maximum Gasteiger partial charge on any atom is 0.418 e. The molecule has 2 aromatic rings. The molecular formula is C18H17F3N2O2. The summed E-state index contributed by atoms with van der Waals surface area (Å²) in [7, 11) is 0. The van der Waals surface area contributed by atoms with Gasteiger partial charge in [0.15, 0.2) is 11.5 Å². The fourth-order valence-electron chi connectivity index (χ4n) is 2.42. The van der Waals surface area contributed by atoms with E-state index < -0.39 is 11.7 Å². The van der Waals surface area contributed by atoms with Gasteiger partial charge in [-0.15, -0.1) is 0 Å². The van der Waals surface area contributed by atoms with Crippen LogP contribution in [0, 0.1) is 0 Å². The van der Waals surface area contributed by atoms with E-state index in [1.54, 1.807) is 25.1 Å². The van der Waals surface area contributed by atoms with Gasteiger partial charge in [-0.25, -0.2) is 0 Å². The van der Waals surface area contributed by atoms with E-state index in [4.69, 9.17) is 9.47 Å². The Morgan fingerprint density at radius 2 is 1.76 bits per heavy atom. The molecule has 0 spiro atoms. The van der Waals surface area contributed by atoms with E-state index >= 15 is 0 Å². The van der Waals surface area contributed by atoms with Crippen molar-refractivity contribution >= 4 is 11.4 Å². The first-order valence-electron chi connectivity index (χ1n) is 7.82. The Balaban J connectivity index is 1.82. The number of para-hydroxylation sites is 1. The van der Waals surface area contributed by atoms with Gasteiger partial charge in [0, 0.05) is 12.0 Å². The van der Waals surface area contributed by atoms with Crippen molar-refractivity contribution in [3.05, 3.63) is 53.6 Å². The molecule has 1 aliphatic rings. The van der Waals surface area contributed by atoms with Crippen LogP contribution in [-0.2, 0) is 6.18 Å². The molecule has 0 aromatic heterocycles. The Bertz CT molecular complexity index is 788. The number of hydrazone groups is 1. The lowest BCUT2D eigenvalue weighted by molar-refractivity contribution is -0.136. The smallest absolute Gasteiger partial charge is 0.418 e. The molecule has 1 N–H and O–H groups in total. The number of nitrogens with one attached hydrogen (secondary N) is 1. The third-order valence-corrected chi connectivity index (χ3v) is 3.74. The van der Waals surface area contributed by atoms with E-state index in [-0.39, 0.29) is 5.69 Å². The number of alkyl halides is 3. The van der Waals surface area contributed by atoms with Crippen LogP contribution in [0.15, 0.2) is 47.6 Å². The number of nitrogens with zero attached hydrogens (tertiary/aromatic N) is 1. The van der Waals surface area contributed by atoms with Crippen LogP contribution < -0.4 is 14.9 Å². The topological polar surface area (TPSA) is 42.9 Å². The van der Waals surface area contributed by atoms with Crippen molar-refractivity contribution in [3.8, 4) is 11.5 Å².